The summed E-state index contributed by atoms with van der Waals surface area (Å²) in [6, 6.07) is 10.6. The van der Waals surface area contributed by atoms with E-state index in [0.29, 0.717) is 10.6 Å². The summed E-state index contributed by atoms with van der Waals surface area (Å²) < 4.78 is 1.22. The summed E-state index contributed by atoms with van der Waals surface area (Å²) in [6.07, 6.45) is 0. The molecule has 6 heteroatoms. The molecule has 0 heterocycles. The van der Waals surface area contributed by atoms with Gasteiger partial charge in [0.2, 0.25) is 0 Å². The first kappa shape index (κ1) is 17.2. The number of carbonyl (C=O) groups excluding carboxylic acids is 1. The van der Waals surface area contributed by atoms with Crippen molar-refractivity contribution in [2.75, 3.05) is 5.32 Å². The molecule has 0 spiro atoms. The lowest BCUT2D eigenvalue weighted by molar-refractivity contribution is 0.0978. The van der Waals surface area contributed by atoms with E-state index in [9.17, 15) is 4.79 Å². The van der Waals surface area contributed by atoms with E-state index < -0.39 is 0 Å². The van der Waals surface area contributed by atoms with Crippen LogP contribution in [-0.2, 0) is 0 Å². The highest BCUT2D eigenvalue weighted by atomic mass is 127. The Hall–Kier alpha value is -1.18. The Morgan fingerprint density at radius 3 is 2.23 bits per heavy atom. The van der Waals surface area contributed by atoms with Gasteiger partial charge >= 0.3 is 0 Å². The zero-order valence-electron chi connectivity index (χ0n) is 12.0. The van der Waals surface area contributed by atoms with Crippen LogP contribution in [0, 0.1) is 17.4 Å². The number of carbonyl (C=O) groups is 1. The second-order valence-corrected chi connectivity index (χ2v) is 6.76. The van der Waals surface area contributed by atoms with Gasteiger partial charge in [0.25, 0.3) is 5.91 Å². The lowest BCUT2D eigenvalue weighted by atomic mass is 10.1. The van der Waals surface area contributed by atoms with Gasteiger partial charge in [-0.3, -0.25) is 10.1 Å². The topological polar surface area (TPSA) is 41.1 Å². The molecular formula is C16H14ClIN2OS. The van der Waals surface area contributed by atoms with Crippen LogP contribution in [0.1, 0.15) is 21.5 Å². The van der Waals surface area contributed by atoms with Crippen molar-refractivity contribution in [2.45, 2.75) is 13.8 Å². The van der Waals surface area contributed by atoms with Gasteiger partial charge in [-0.2, -0.15) is 0 Å². The van der Waals surface area contributed by atoms with E-state index >= 15 is 0 Å². The minimum Gasteiger partial charge on any atom is -0.332 e. The van der Waals surface area contributed by atoms with Crippen LogP contribution in [0.2, 0.25) is 5.02 Å². The van der Waals surface area contributed by atoms with Crippen LogP contribution in [0.15, 0.2) is 36.4 Å². The Kier molecular flexibility index (Phi) is 5.77. The summed E-state index contributed by atoms with van der Waals surface area (Å²) in [6.45, 7) is 4.07. The van der Waals surface area contributed by atoms with Crippen molar-refractivity contribution < 1.29 is 4.79 Å². The molecule has 0 aliphatic rings. The monoisotopic (exact) mass is 444 g/mol. The molecule has 0 saturated carbocycles. The van der Waals surface area contributed by atoms with Crippen LogP contribution in [0.4, 0.5) is 5.69 Å². The second kappa shape index (κ2) is 7.39. The largest absolute Gasteiger partial charge is 0.332 e. The van der Waals surface area contributed by atoms with Crippen molar-refractivity contribution in [3.05, 3.63) is 61.7 Å². The van der Waals surface area contributed by atoms with E-state index in [-0.39, 0.29) is 11.0 Å². The van der Waals surface area contributed by atoms with E-state index in [1.54, 1.807) is 24.3 Å². The zero-order chi connectivity index (χ0) is 16.3. The number of hydrogen-bond acceptors (Lipinski definition) is 2. The maximum atomic E-state index is 12.1. The van der Waals surface area contributed by atoms with Gasteiger partial charge in [-0.15, -0.1) is 0 Å². The maximum Gasteiger partial charge on any atom is 0.257 e. The van der Waals surface area contributed by atoms with Crippen LogP contribution in [0.25, 0.3) is 0 Å². The summed E-state index contributed by atoms with van der Waals surface area (Å²) in [4.78, 5) is 12.1. The van der Waals surface area contributed by atoms with Gasteiger partial charge < -0.3 is 5.32 Å². The summed E-state index contributed by atoms with van der Waals surface area (Å²) in [7, 11) is 0. The first-order valence-corrected chi connectivity index (χ1v) is 8.38. The minimum atomic E-state index is -0.270. The smallest absolute Gasteiger partial charge is 0.257 e. The molecule has 2 aromatic rings. The highest BCUT2D eigenvalue weighted by Gasteiger charge is 2.09. The Morgan fingerprint density at radius 2 is 1.68 bits per heavy atom. The van der Waals surface area contributed by atoms with Crippen molar-refractivity contribution >= 4 is 63.1 Å². The van der Waals surface area contributed by atoms with E-state index in [4.69, 9.17) is 23.8 Å². The minimum absolute atomic E-state index is 0.264. The number of nitrogens with one attached hydrogen (secondary N) is 2. The Labute approximate surface area is 153 Å². The first-order valence-electron chi connectivity index (χ1n) is 6.51. The van der Waals surface area contributed by atoms with E-state index in [2.05, 4.69) is 33.2 Å². The van der Waals surface area contributed by atoms with Crippen LogP contribution in [0.3, 0.4) is 0 Å². The molecule has 2 aromatic carbocycles. The molecule has 0 bridgehead atoms. The number of amides is 1. The third kappa shape index (κ3) is 4.41. The maximum absolute atomic E-state index is 12.1. The van der Waals surface area contributed by atoms with Gasteiger partial charge in [0, 0.05) is 19.8 Å². The highest BCUT2D eigenvalue weighted by Crippen LogP contribution is 2.21. The molecule has 114 valence electrons. The zero-order valence-corrected chi connectivity index (χ0v) is 15.8. The van der Waals surface area contributed by atoms with Gasteiger partial charge in [-0.05, 0) is 96.2 Å². The average molecular weight is 445 g/mol. The molecule has 0 atom stereocenters. The van der Waals surface area contributed by atoms with Gasteiger partial charge in [0.15, 0.2) is 5.11 Å². The standard InChI is InChI=1S/C16H14ClIN2OS/c1-9-7-13(8-10(2)14(9)18)19-16(22)20-15(21)11-3-5-12(17)6-4-11/h3-8H,1-2H3,(H2,19,20,21,22). The van der Waals surface area contributed by atoms with Crippen molar-refractivity contribution in [3.63, 3.8) is 0 Å². The summed E-state index contributed by atoms with van der Waals surface area (Å²) in [5.74, 6) is -0.270. The van der Waals surface area contributed by atoms with Crippen molar-refractivity contribution in [1.82, 2.24) is 5.32 Å². The predicted molar refractivity (Wildman–Crippen MR) is 104 cm³/mol. The van der Waals surface area contributed by atoms with Crippen LogP contribution in [0.5, 0.6) is 0 Å². The Balaban J connectivity index is 2.04. The second-order valence-electron chi connectivity index (χ2n) is 4.84. The molecule has 0 unspecified atom stereocenters. The average Bonchev–Trinajstić information content (AvgIpc) is 2.45. The van der Waals surface area contributed by atoms with E-state index in [1.165, 1.54) is 3.57 Å². The molecule has 3 nitrogen and oxygen atoms in total. The molecule has 0 radical (unpaired) electrons. The number of halogens is 2. The number of anilines is 1. The normalized spacial score (nSPS) is 10.2. The molecule has 0 aliphatic heterocycles. The Bertz CT molecular complexity index is 708. The first-order chi connectivity index (χ1) is 10.4. The molecular weight excluding hydrogens is 431 g/mol. The molecule has 2 N–H and O–H groups in total. The Morgan fingerprint density at radius 1 is 1.14 bits per heavy atom. The van der Waals surface area contributed by atoms with Crippen molar-refractivity contribution in [1.29, 1.82) is 0 Å². The predicted octanol–water partition coefficient (Wildman–Crippen LogP) is 4.69. The fourth-order valence-corrected chi connectivity index (χ4v) is 2.60. The molecule has 0 aromatic heterocycles. The summed E-state index contributed by atoms with van der Waals surface area (Å²) in [5, 5.41) is 6.54. The molecule has 0 aliphatic carbocycles. The van der Waals surface area contributed by atoms with Gasteiger partial charge in [0.05, 0.1) is 0 Å². The molecule has 22 heavy (non-hydrogen) atoms. The quantitative estimate of drug-likeness (QED) is 0.522. The van der Waals surface area contributed by atoms with E-state index in [1.807, 2.05) is 26.0 Å². The third-order valence-corrected chi connectivity index (χ3v) is 5.19. The van der Waals surface area contributed by atoms with Gasteiger partial charge in [-0.1, -0.05) is 11.6 Å². The number of thiocarbonyl (C=S) groups is 1. The highest BCUT2D eigenvalue weighted by molar-refractivity contribution is 14.1. The molecule has 1 amide bonds. The number of rotatable bonds is 2. The molecule has 0 fully saturated rings. The van der Waals surface area contributed by atoms with Crippen LogP contribution >= 0.6 is 46.4 Å². The fraction of sp³-hybridized carbons (Fsp3) is 0.125. The summed E-state index contributed by atoms with van der Waals surface area (Å²) >= 11 is 13.3. The molecule has 0 saturated heterocycles. The molecule has 2 rings (SSSR count). The van der Waals surface area contributed by atoms with Crippen molar-refractivity contribution in [3.8, 4) is 0 Å². The third-order valence-electron chi connectivity index (χ3n) is 3.03. The lowest BCUT2D eigenvalue weighted by Crippen LogP contribution is -2.34. The van der Waals surface area contributed by atoms with Crippen LogP contribution in [-0.4, -0.2) is 11.0 Å². The fourth-order valence-electron chi connectivity index (χ4n) is 1.96. The number of benzene rings is 2. The number of aryl methyl sites for hydroxylation is 2. The van der Waals surface area contributed by atoms with Gasteiger partial charge in [0.1, 0.15) is 0 Å². The lowest BCUT2D eigenvalue weighted by Gasteiger charge is -2.12. The van der Waals surface area contributed by atoms with Crippen molar-refractivity contribution in [2.24, 2.45) is 0 Å². The number of hydrogen-bond donors (Lipinski definition) is 2. The van der Waals surface area contributed by atoms with Gasteiger partial charge in [-0.25, -0.2) is 0 Å². The summed E-state index contributed by atoms with van der Waals surface area (Å²) in [5.41, 5.74) is 3.69. The van der Waals surface area contributed by atoms with Crippen LogP contribution < -0.4 is 10.6 Å². The SMILES string of the molecule is Cc1cc(NC(=S)NC(=O)c2ccc(Cl)cc2)cc(C)c1I. The van der Waals surface area contributed by atoms with E-state index in [0.717, 1.165) is 16.8 Å².